The molecule has 3 rings (SSSR count). The van der Waals surface area contributed by atoms with Crippen molar-refractivity contribution in [3.05, 3.63) is 58.2 Å². The normalized spacial score (nSPS) is 10.8. The van der Waals surface area contributed by atoms with Crippen LogP contribution < -0.4 is 0 Å². The molecule has 2 heterocycles. The van der Waals surface area contributed by atoms with E-state index in [1.54, 1.807) is 25.1 Å². The molecule has 0 unspecified atom stereocenters. The molecule has 0 radical (unpaired) electrons. The zero-order valence-corrected chi connectivity index (χ0v) is 13.7. The van der Waals surface area contributed by atoms with Crippen molar-refractivity contribution in [3.63, 3.8) is 0 Å². The Morgan fingerprint density at radius 3 is 2.75 bits per heavy atom. The number of aryl methyl sites for hydroxylation is 1. The van der Waals surface area contributed by atoms with E-state index in [9.17, 15) is 9.59 Å². The topological polar surface area (TPSA) is 78.9 Å². The molecule has 6 nitrogen and oxygen atoms in total. The van der Waals surface area contributed by atoms with Crippen LogP contribution in [0, 0.1) is 6.92 Å². The first-order valence-electron chi connectivity index (χ1n) is 7.01. The highest BCUT2D eigenvalue weighted by Crippen LogP contribution is 2.28. The van der Waals surface area contributed by atoms with E-state index in [1.165, 1.54) is 19.4 Å². The third-order valence-corrected chi connectivity index (χ3v) is 3.80. The van der Waals surface area contributed by atoms with Gasteiger partial charge in [-0.15, -0.1) is 0 Å². The zero-order chi connectivity index (χ0) is 17.3. The van der Waals surface area contributed by atoms with Gasteiger partial charge in [0.1, 0.15) is 11.1 Å². The number of ether oxygens (including phenoxy) is 2. The number of hydrogen-bond acceptors (Lipinski definition) is 6. The summed E-state index contributed by atoms with van der Waals surface area (Å²) >= 11 is 5.95. The van der Waals surface area contributed by atoms with Crippen molar-refractivity contribution in [2.45, 2.75) is 13.5 Å². The van der Waals surface area contributed by atoms with Crippen molar-refractivity contribution < 1.29 is 27.9 Å². The Morgan fingerprint density at radius 2 is 2.00 bits per heavy atom. The van der Waals surface area contributed by atoms with E-state index in [4.69, 9.17) is 25.2 Å². The average molecular weight is 349 g/mol. The molecule has 0 spiro atoms. The number of halogens is 1. The quantitative estimate of drug-likeness (QED) is 0.659. The van der Waals surface area contributed by atoms with E-state index < -0.39 is 11.9 Å². The number of methoxy groups -OCH3 is 1. The molecule has 0 N–H and O–H groups in total. The summed E-state index contributed by atoms with van der Waals surface area (Å²) in [6, 6.07) is 6.52. The standard InChI is InChI=1S/C17H13ClO6/c1-9-12-7-10(18)3-4-13(12)24-15(9)17(20)23-8-14-11(5-6-22-14)16(19)21-2/h3-7H,8H2,1-2H3. The molecular weight excluding hydrogens is 336 g/mol. The Bertz CT molecular complexity index is 920. The smallest absolute Gasteiger partial charge is 0.375 e. The highest BCUT2D eigenvalue weighted by molar-refractivity contribution is 6.31. The van der Waals surface area contributed by atoms with E-state index in [-0.39, 0.29) is 23.7 Å². The number of benzene rings is 1. The van der Waals surface area contributed by atoms with Gasteiger partial charge in [-0.3, -0.25) is 0 Å². The summed E-state index contributed by atoms with van der Waals surface area (Å²) in [6.07, 6.45) is 1.32. The molecule has 124 valence electrons. The number of hydrogen-bond donors (Lipinski definition) is 0. The summed E-state index contributed by atoms with van der Waals surface area (Å²) in [4.78, 5) is 23.8. The van der Waals surface area contributed by atoms with Gasteiger partial charge >= 0.3 is 11.9 Å². The number of furan rings is 2. The van der Waals surface area contributed by atoms with Gasteiger partial charge in [0.15, 0.2) is 12.4 Å². The second-order valence-electron chi connectivity index (χ2n) is 5.02. The molecule has 1 aromatic carbocycles. The van der Waals surface area contributed by atoms with Gasteiger partial charge in [-0.05, 0) is 31.2 Å². The molecule has 0 saturated carbocycles. The maximum atomic E-state index is 12.3. The molecule has 0 aliphatic rings. The minimum absolute atomic E-state index is 0.0819. The molecular formula is C17H13ClO6. The lowest BCUT2D eigenvalue weighted by atomic mass is 10.1. The van der Waals surface area contributed by atoms with E-state index in [0.717, 1.165) is 5.39 Å². The Balaban J connectivity index is 1.80. The van der Waals surface area contributed by atoms with Gasteiger partial charge in [0.2, 0.25) is 5.76 Å². The van der Waals surface area contributed by atoms with Crippen molar-refractivity contribution in [1.82, 2.24) is 0 Å². The van der Waals surface area contributed by atoms with E-state index in [2.05, 4.69) is 4.74 Å². The molecule has 3 aromatic rings. The molecule has 0 aliphatic heterocycles. The molecule has 0 aliphatic carbocycles. The molecule has 0 atom stereocenters. The molecule has 0 saturated heterocycles. The second-order valence-corrected chi connectivity index (χ2v) is 5.46. The Kier molecular flexibility index (Phi) is 4.31. The third-order valence-electron chi connectivity index (χ3n) is 3.57. The van der Waals surface area contributed by atoms with Crippen molar-refractivity contribution in [3.8, 4) is 0 Å². The van der Waals surface area contributed by atoms with E-state index in [1.807, 2.05) is 0 Å². The lowest BCUT2D eigenvalue weighted by Crippen LogP contribution is -2.08. The first kappa shape index (κ1) is 16.1. The Hall–Kier alpha value is -2.73. The van der Waals surface area contributed by atoms with Crippen molar-refractivity contribution in [1.29, 1.82) is 0 Å². The molecule has 0 amide bonds. The summed E-state index contributed by atoms with van der Waals surface area (Å²) < 4.78 is 20.5. The minimum Gasteiger partial charge on any atom is -0.465 e. The van der Waals surface area contributed by atoms with Gasteiger partial charge in [-0.2, -0.15) is 0 Å². The van der Waals surface area contributed by atoms with Crippen molar-refractivity contribution in [2.75, 3.05) is 7.11 Å². The van der Waals surface area contributed by atoms with Crippen LogP contribution in [-0.2, 0) is 16.1 Å². The zero-order valence-electron chi connectivity index (χ0n) is 12.9. The van der Waals surface area contributed by atoms with Crippen LogP contribution in [0.25, 0.3) is 11.0 Å². The first-order chi connectivity index (χ1) is 11.5. The number of carbonyl (C=O) groups is 2. The number of fused-ring (bicyclic) bond motifs is 1. The highest BCUT2D eigenvalue weighted by atomic mass is 35.5. The van der Waals surface area contributed by atoms with Crippen LogP contribution in [0.3, 0.4) is 0 Å². The Morgan fingerprint density at radius 1 is 1.21 bits per heavy atom. The first-order valence-corrected chi connectivity index (χ1v) is 7.39. The molecule has 2 aromatic heterocycles. The SMILES string of the molecule is COC(=O)c1ccoc1COC(=O)c1oc2ccc(Cl)cc2c1C. The van der Waals surface area contributed by atoms with Gasteiger partial charge in [-0.1, -0.05) is 11.6 Å². The van der Waals surface area contributed by atoms with Crippen LogP contribution in [0.2, 0.25) is 5.02 Å². The second kappa shape index (κ2) is 6.41. The number of esters is 2. The molecule has 7 heteroatoms. The fourth-order valence-corrected chi connectivity index (χ4v) is 2.50. The summed E-state index contributed by atoms with van der Waals surface area (Å²) in [5.41, 5.74) is 1.38. The van der Waals surface area contributed by atoms with E-state index >= 15 is 0 Å². The van der Waals surface area contributed by atoms with Crippen LogP contribution in [0.5, 0.6) is 0 Å². The fraction of sp³-hybridized carbons (Fsp3) is 0.176. The van der Waals surface area contributed by atoms with Gasteiger partial charge < -0.3 is 18.3 Å². The lowest BCUT2D eigenvalue weighted by molar-refractivity contribution is 0.0400. The summed E-state index contributed by atoms with van der Waals surface area (Å²) in [6.45, 7) is 1.53. The summed E-state index contributed by atoms with van der Waals surface area (Å²) in [5.74, 6) is -0.943. The van der Waals surface area contributed by atoms with Crippen LogP contribution in [-0.4, -0.2) is 19.0 Å². The number of carbonyl (C=O) groups excluding carboxylic acids is 2. The van der Waals surface area contributed by atoms with Crippen molar-refractivity contribution in [2.24, 2.45) is 0 Å². The minimum atomic E-state index is -0.660. The van der Waals surface area contributed by atoms with Crippen LogP contribution in [0.1, 0.15) is 32.2 Å². The molecule has 0 fully saturated rings. The highest BCUT2D eigenvalue weighted by Gasteiger charge is 2.21. The van der Waals surface area contributed by atoms with Crippen LogP contribution in [0.15, 0.2) is 39.4 Å². The predicted molar refractivity (Wildman–Crippen MR) is 85.1 cm³/mol. The predicted octanol–water partition coefficient (Wildman–Crippen LogP) is 4.13. The fourth-order valence-electron chi connectivity index (χ4n) is 2.33. The van der Waals surface area contributed by atoms with Crippen molar-refractivity contribution >= 4 is 34.5 Å². The maximum absolute atomic E-state index is 12.3. The monoisotopic (exact) mass is 348 g/mol. The average Bonchev–Trinajstić information content (AvgIpc) is 3.17. The summed E-state index contributed by atoms with van der Waals surface area (Å²) in [5, 5.41) is 1.28. The summed E-state index contributed by atoms with van der Waals surface area (Å²) in [7, 11) is 1.26. The Labute approximate surface area is 141 Å². The molecule has 0 bridgehead atoms. The van der Waals surface area contributed by atoms with Gasteiger partial charge in [0.25, 0.3) is 0 Å². The van der Waals surface area contributed by atoms with Gasteiger partial charge in [0.05, 0.1) is 13.4 Å². The van der Waals surface area contributed by atoms with Crippen LogP contribution in [0.4, 0.5) is 0 Å². The largest absolute Gasteiger partial charge is 0.465 e. The third kappa shape index (κ3) is 2.88. The lowest BCUT2D eigenvalue weighted by Gasteiger charge is -2.03. The van der Waals surface area contributed by atoms with E-state index in [0.29, 0.717) is 16.2 Å². The van der Waals surface area contributed by atoms with Gasteiger partial charge in [-0.25, -0.2) is 9.59 Å². The molecule has 24 heavy (non-hydrogen) atoms. The van der Waals surface area contributed by atoms with Gasteiger partial charge in [0, 0.05) is 16.0 Å². The van der Waals surface area contributed by atoms with Crippen LogP contribution >= 0.6 is 11.6 Å². The number of rotatable bonds is 4. The maximum Gasteiger partial charge on any atom is 0.375 e.